The van der Waals surface area contributed by atoms with Crippen LogP contribution in [0, 0.1) is 0 Å². The zero-order valence-electron chi connectivity index (χ0n) is 26.1. The number of halogens is 1. The Balaban J connectivity index is 2.32. The summed E-state index contributed by atoms with van der Waals surface area (Å²) in [4.78, 5) is 25.3. The Bertz CT molecular complexity index is 1220. The van der Waals surface area contributed by atoms with Gasteiger partial charge in [0.15, 0.2) is 12.0 Å². The van der Waals surface area contributed by atoms with Gasteiger partial charge in [-0.1, -0.05) is 72.2 Å². The van der Waals surface area contributed by atoms with Gasteiger partial charge < -0.3 is 24.8 Å². The molecule has 2 N–H and O–H groups in total. The van der Waals surface area contributed by atoms with Gasteiger partial charge in [0.25, 0.3) is 5.91 Å². The average Bonchev–Trinajstić information content (AvgIpc) is 2.93. The zero-order valence-corrected chi connectivity index (χ0v) is 26.8. The van der Waals surface area contributed by atoms with Gasteiger partial charge in [-0.3, -0.25) is 4.79 Å². The molecule has 0 aliphatic heterocycles. The third-order valence-corrected chi connectivity index (χ3v) is 7.85. The molecule has 1 amide bonds. The lowest BCUT2D eigenvalue weighted by molar-refractivity contribution is -0.137. The molecule has 1 unspecified atom stereocenters. The van der Waals surface area contributed by atoms with E-state index in [9.17, 15) is 9.59 Å². The first kappa shape index (κ1) is 34.0. The molecule has 2 aromatic carbocycles. The van der Waals surface area contributed by atoms with Crippen molar-refractivity contribution in [1.82, 2.24) is 0 Å². The van der Waals surface area contributed by atoms with E-state index in [1.54, 1.807) is 32.0 Å². The summed E-state index contributed by atoms with van der Waals surface area (Å²) in [5.74, 6) is 0.0975. The monoisotopic (exact) mass is 586 g/mol. The van der Waals surface area contributed by atoms with Crippen molar-refractivity contribution in [3.63, 3.8) is 0 Å². The van der Waals surface area contributed by atoms with Gasteiger partial charge in [-0.25, -0.2) is 4.79 Å². The molecule has 0 heterocycles. The van der Waals surface area contributed by atoms with Gasteiger partial charge in [-0.05, 0) is 73.8 Å². The first-order valence-electron chi connectivity index (χ1n) is 14.5. The van der Waals surface area contributed by atoms with Crippen molar-refractivity contribution in [3.05, 3.63) is 64.5 Å². The summed E-state index contributed by atoms with van der Waals surface area (Å²) >= 11 is 6.40. The number of anilines is 2. The Labute approximate surface area is 251 Å². The summed E-state index contributed by atoms with van der Waals surface area (Å²) in [6.45, 7) is 19.3. The molecule has 41 heavy (non-hydrogen) atoms. The van der Waals surface area contributed by atoms with E-state index in [4.69, 9.17) is 25.8 Å². The molecule has 0 fully saturated rings. The Kier molecular flexibility index (Phi) is 12.6. The van der Waals surface area contributed by atoms with E-state index in [1.807, 2.05) is 13.0 Å². The number of nitrogens with one attached hydrogen (secondary N) is 2. The fraction of sp³-hybridized carbons (Fsp3) is 0.515. The third kappa shape index (κ3) is 9.42. The van der Waals surface area contributed by atoms with Crippen LogP contribution in [0.25, 0.3) is 0 Å². The quantitative estimate of drug-likeness (QED) is 0.124. The number of rotatable bonds is 15. The minimum atomic E-state index is -0.707. The van der Waals surface area contributed by atoms with Crippen LogP contribution in [0.15, 0.2) is 48.4 Å². The second-order valence-electron chi connectivity index (χ2n) is 11.2. The van der Waals surface area contributed by atoms with Gasteiger partial charge in [0.05, 0.1) is 30.0 Å². The Morgan fingerprint density at radius 3 is 2.12 bits per heavy atom. The molecule has 226 valence electrons. The van der Waals surface area contributed by atoms with Gasteiger partial charge in [0, 0.05) is 11.3 Å². The van der Waals surface area contributed by atoms with Gasteiger partial charge in [0.1, 0.15) is 5.75 Å². The molecule has 0 aromatic heterocycles. The predicted molar refractivity (Wildman–Crippen MR) is 168 cm³/mol. The van der Waals surface area contributed by atoms with E-state index in [-0.39, 0.29) is 29.2 Å². The van der Waals surface area contributed by atoms with Crippen LogP contribution in [0.1, 0.15) is 92.7 Å². The highest BCUT2D eigenvalue weighted by molar-refractivity contribution is 6.33. The number of amides is 1. The van der Waals surface area contributed by atoms with Gasteiger partial charge in [0.2, 0.25) is 0 Å². The Morgan fingerprint density at radius 2 is 1.54 bits per heavy atom. The molecule has 0 radical (unpaired) electrons. The van der Waals surface area contributed by atoms with Crippen molar-refractivity contribution in [3.8, 4) is 5.75 Å². The van der Waals surface area contributed by atoms with Crippen molar-refractivity contribution in [2.24, 2.45) is 0 Å². The van der Waals surface area contributed by atoms with Gasteiger partial charge in [-0.15, -0.1) is 0 Å². The summed E-state index contributed by atoms with van der Waals surface area (Å²) in [7, 11) is 0. The number of esters is 1. The lowest BCUT2D eigenvalue weighted by Crippen LogP contribution is -2.33. The highest BCUT2D eigenvalue weighted by Crippen LogP contribution is 2.39. The smallest absolute Gasteiger partial charge is 0.336 e. The van der Waals surface area contributed by atoms with Crippen LogP contribution in [0.3, 0.4) is 0 Å². The second kappa shape index (κ2) is 15.2. The summed E-state index contributed by atoms with van der Waals surface area (Å²) in [6.07, 6.45) is 2.94. The third-order valence-electron chi connectivity index (χ3n) is 7.52. The number of benzene rings is 2. The molecule has 0 saturated carbocycles. The van der Waals surface area contributed by atoms with Crippen molar-refractivity contribution >= 4 is 34.9 Å². The summed E-state index contributed by atoms with van der Waals surface area (Å²) in [6, 6.07) is 11.4. The summed E-state index contributed by atoms with van der Waals surface area (Å²) in [5, 5.41) is 6.35. The number of carbonyl (C=O) groups excluding carboxylic acids is 2. The van der Waals surface area contributed by atoms with Crippen LogP contribution in [0.4, 0.5) is 11.4 Å². The molecule has 0 bridgehead atoms. The standard InChI is InChI=1S/C33H47ClN2O5/c1-10-27(41-28-18-15-22(32(6,7)11-2)19-24(28)33(8,9)12-3)31(38)35-23-16-17-25(34)26(20-23)36-29(39-13-4)21-30(37)40-14-5/h15-21,27,36H,10-14H2,1-9H3,(H,35,38). The van der Waals surface area contributed by atoms with Crippen LogP contribution in [0.2, 0.25) is 5.02 Å². The fourth-order valence-corrected chi connectivity index (χ4v) is 4.23. The minimum absolute atomic E-state index is 0.0342. The molecule has 7 nitrogen and oxygen atoms in total. The van der Waals surface area contributed by atoms with E-state index in [1.165, 1.54) is 11.6 Å². The van der Waals surface area contributed by atoms with E-state index >= 15 is 0 Å². The maximum Gasteiger partial charge on any atom is 0.336 e. The van der Waals surface area contributed by atoms with Crippen molar-refractivity contribution in [1.29, 1.82) is 0 Å². The molecule has 1 atom stereocenters. The molecule has 0 saturated heterocycles. The van der Waals surface area contributed by atoms with Crippen LogP contribution in [-0.2, 0) is 29.9 Å². The fourth-order valence-electron chi connectivity index (χ4n) is 4.07. The predicted octanol–water partition coefficient (Wildman–Crippen LogP) is 8.36. The normalized spacial score (nSPS) is 12.9. The zero-order chi connectivity index (χ0) is 30.8. The molecular weight excluding hydrogens is 540 g/mol. The Hall–Kier alpha value is -3.19. The number of carbonyl (C=O) groups is 2. The molecule has 8 heteroatoms. The Morgan fingerprint density at radius 1 is 0.878 bits per heavy atom. The maximum atomic E-state index is 13.4. The van der Waals surface area contributed by atoms with Crippen LogP contribution < -0.4 is 15.4 Å². The minimum Gasteiger partial charge on any atom is -0.480 e. The average molecular weight is 587 g/mol. The highest BCUT2D eigenvalue weighted by atomic mass is 35.5. The van der Waals surface area contributed by atoms with E-state index < -0.39 is 12.1 Å². The molecule has 0 aliphatic carbocycles. The molecule has 2 aromatic rings. The van der Waals surface area contributed by atoms with Crippen molar-refractivity contribution in [2.45, 2.75) is 98.5 Å². The van der Waals surface area contributed by atoms with Gasteiger partial charge in [-0.2, -0.15) is 0 Å². The topological polar surface area (TPSA) is 85.9 Å². The number of hydrogen-bond donors (Lipinski definition) is 2. The van der Waals surface area contributed by atoms with E-state index in [2.05, 4.69) is 64.3 Å². The van der Waals surface area contributed by atoms with Crippen LogP contribution >= 0.6 is 11.6 Å². The van der Waals surface area contributed by atoms with Crippen molar-refractivity contribution < 1.29 is 23.8 Å². The summed E-state index contributed by atoms with van der Waals surface area (Å²) in [5.41, 5.74) is 3.24. The van der Waals surface area contributed by atoms with Crippen LogP contribution in [-0.4, -0.2) is 31.2 Å². The molecule has 0 aliphatic rings. The summed E-state index contributed by atoms with van der Waals surface area (Å²) < 4.78 is 16.9. The lowest BCUT2D eigenvalue weighted by Gasteiger charge is -2.31. The van der Waals surface area contributed by atoms with Gasteiger partial charge >= 0.3 is 5.97 Å². The largest absolute Gasteiger partial charge is 0.480 e. The number of hydrogen-bond acceptors (Lipinski definition) is 6. The van der Waals surface area contributed by atoms with Crippen molar-refractivity contribution in [2.75, 3.05) is 23.8 Å². The highest BCUT2D eigenvalue weighted by Gasteiger charge is 2.29. The molecular formula is C33H47ClN2O5. The first-order chi connectivity index (χ1) is 19.3. The van der Waals surface area contributed by atoms with E-state index in [0.29, 0.717) is 29.4 Å². The number of ether oxygens (including phenoxy) is 3. The molecule has 2 rings (SSSR count). The lowest BCUT2D eigenvalue weighted by atomic mass is 9.76. The SMILES string of the molecule is CCOC(=O)C=C(Nc1cc(NC(=O)C(CC)Oc2ccc(C(C)(C)CC)cc2C(C)(C)CC)ccc1Cl)OCC. The maximum absolute atomic E-state index is 13.4. The van der Waals surface area contributed by atoms with Crippen LogP contribution in [0.5, 0.6) is 5.75 Å². The first-order valence-corrected chi connectivity index (χ1v) is 14.9. The van der Waals surface area contributed by atoms with E-state index in [0.717, 1.165) is 24.2 Å². The second-order valence-corrected chi connectivity index (χ2v) is 11.6. The molecule has 0 spiro atoms.